The first-order valence-electron chi connectivity index (χ1n) is 7.99. The summed E-state index contributed by atoms with van der Waals surface area (Å²) in [6, 6.07) is 9.85. The van der Waals surface area contributed by atoms with Crippen LogP contribution >= 0.6 is 11.8 Å². The zero-order valence-electron chi connectivity index (χ0n) is 13.8. The first-order chi connectivity index (χ1) is 11.5. The number of amides is 1. The summed E-state index contributed by atoms with van der Waals surface area (Å²) < 4.78 is 0. The van der Waals surface area contributed by atoms with E-state index in [9.17, 15) is 4.79 Å². The fourth-order valence-electron chi connectivity index (χ4n) is 3.21. The lowest BCUT2D eigenvalue weighted by Gasteiger charge is -2.40. The van der Waals surface area contributed by atoms with Crippen LogP contribution in [0.1, 0.15) is 37.3 Å². The Labute approximate surface area is 146 Å². The number of hydrogen-bond acceptors (Lipinski definition) is 4. The van der Waals surface area contributed by atoms with E-state index in [1.54, 1.807) is 17.8 Å². The van der Waals surface area contributed by atoms with Crippen LogP contribution in [0.4, 0.5) is 0 Å². The number of allylic oxidation sites excluding steroid dienone is 1. The highest BCUT2D eigenvalue weighted by atomic mass is 32.2. The van der Waals surface area contributed by atoms with Gasteiger partial charge >= 0.3 is 0 Å². The minimum atomic E-state index is -0.522. The van der Waals surface area contributed by atoms with Crippen LogP contribution in [0.25, 0.3) is 0 Å². The number of rotatable bonds is 3. The fraction of sp³-hybridized carbons (Fsp3) is 0.389. The van der Waals surface area contributed by atoms with Gasteiger partial charge in [-0.25, -0.2) is 0 Å². The third-order valence-electron chi connectivity index (χ3n) is 4.54. The normalized spacial score (nSPS) is 26.8. The third-order valence-corrected chi connectivity index (χ3v) is 5.97. The van der Waals surface area contributed by atoms with E-state index in [1.807, 2.05) is 32.0 Å². The number of carbonyl (C=O) groups excluding carboxylic acids is 1. The van der Waals surface area contributed by atoms with Gasteiger partial charge in [-0.15, -0.1) is 11.8 Å². The van der Waals surface area contributed by atoms with Gasteiger partial charge in [0.2, 0.25) is 5.91 Å². The van der Waals surface area contributed by atoms with Gasteiger partial charge in [0.15, 0.2) is 5.96 Å². The summed E-state index contributed by atoms with van der Waals surface area (Å²) in [4.78, 5) is 14.9. The molecule has 24 heavy (non-hydrogen) atoms. The van der Waals surface area contributed by atoms with Crippen molar-refractivity contribution in [3.8, 4) is 6.07 Å². The Morgan fingerprint density at radius 3 is 3.00 bits per heavy atom. The van der Waals surface area contributed by atoms with E-state index in [0.29, 0.717) is 18.5 Å². The molecule has 3 rings (SSSR count). The van der Waals surface area contributed by atoms with Gasteiger partial charge in [0.25, 0.3) is 0 Å². The number of nitriles is 1. The molecule has 0 spiro atoms. The highest BCUT2D eigenvalue weighted by Crippen LogP contribution is 2.43. The first-order valence-corrected chi connectivity index (χ1v) is 8.97. The van der Waals surface area contributed by atoms with Gasteiger partial charge in [0, 0.05) is 23.1 Å². The average molecular weight is 340 g/mol. The van der Waals surface area contributed by atoms with Crippen molar-refractivity contribution in [3.05, 3.63) is 46.4 Å². The molecule has 1 fully saturated rings. The van der Waals surface area contributed by atoms with Gasteiger partial charge in [-0.2, -0.15) is 5.26 Å². The number of nitrogens with one attached hydrogen (secondary N) is 2. The number of carbonyl (C=O) groups is 1. The smallest absolute Gasteiger partial charge is 0.231 e. The molecule has 1 saturated heterocycles. The summed E-state index contributed by atoms with van der Waals surface area (Å²) in [5, 5.41) is 20.4. The fourth-order valence-corrected chi connectivity index (χ4v) is 4.56. The Morgan fingerprint density at radius 2 is 2.33 bits per heavy atom. The van der Waals surface area contributed by atoms with Crippen molar-refractivity contribution in [2.75, 3.05) is 12.3 Å². The maximum Gasteiger partial charge on any atom is 0.231 e. The molecule has 1 aromatic carbocycles. The second kappa shape index (κ2) is 6.33. The van der Waals surface area contributed by atoms with E-state index in [0.717, 1.165) is 16.2 Å². The molecular weight excluding hydrogens is 320 g/mol. The lowest BCUT2D eigenvalue weighted by molar-refractivity contribution is -0.129. The molecule has 5 nitrogen and oxygen atoms in total. The van der Waals surface area contributed by atoms with Crippen molar-refractivity contribution in [1.82, 2.24) is 10.2 Å². The van der Waals surface area contributed by atoms with Crippen molar-refractivity contribution in [3.63, 3.8) is 0 Å². The quantitative estimate of drug-likeness (QED) is 0.887. The predicted molar refractivity (Wildman–Crippen MR) is 95.7 cm³/mol. The number of guanidine groups is 1. The topological polar surface area (TPSA) is 80.0 Å². The Morgan fingerprint density at radius 1 is 1.54 bits per heavy atom. The van der Waals surface area contributed by atoms with Crippen molar-refractivity contribution < 1.29 is 4.79 Å². The number of thioether (sulfide) groups is 1. The first kappa shape index (κ1) is 16.6. The van der Waals surface area contributed by atoms with Crippen molar-refractivity contribution in [1.29, 1.82) is 10.7 Å². The monoisotopic (exact) mass is 340 g/mol. The largest absolute Gasteiger partial charge is 0.346 e. The van der Waals surface area contributed by atoms with Crippen LogP contribution in [-0.4, -0.2) is 34.6 Å². The summed E-state index contributed by atoms with van der Waals surface area (Å²) in [5.74, 6) is 1.28. The minimum absolute atomic E-state index is 0.0137. The zero-order valence-corrected chi connectivity index (χ0v) is 14.6. The van der Waals surface area contributed by atoms with Crippen LogP contribution in [0.2, 0.25) is 0 Å². The molecule has 1 unspecified atom stereocenters. The molecular formula is C18H20N4OS. The highest BCUT2D eigenvalue weighted by Gasteiger charge is 2.42. The summed E-state index contributed by atoms with van der Waals surface area (Å²) in [6.45, 7) is 4.37. The summed E-state index contributed by atoms with van der Waals surface area (Å²) in [5.41, 5.74) is 1.26. The molecule has 0 aromatic heterocycles. The van der Waals surface area contributed by atoms with Crippen LogP contribution in [-0.2, 0) is 4.79 Å². The molecule has 0 aliphatic carbocycles. The lowest BCUT2D eigenvalue weighted by Crippen LogP contribution is -2.61. The molecule has 2 heterocycles. The Hall–Kier alpha value is -2.26. The van der Waals surface area contributed by atoms with E-state index in [-0.39, 0.29) is 17.8 Å². The standard InChI is InChI=1S/C18H20N4OS/c1-3-22-16(23)9-18(2,21-17(22)20)15-8-14(11-24-15)13-6-4-5-12(7-13)10-19/h4-8,14H,3,9,11H2,1-2H3,(H2,20,21)/t14?,18-/m0/s1. The number of nitrogens with zero attached hydrogens (tertiary/aromatic N) is 2. The van der Waals surface area contributed by atoms with E-state index in [1.165, 1.54) is 4.90 Å². The van der Waals surface area contributed by atoms with Crippen molar-refractivity contribution in [2.24, 2.45) is 0 Å². The highest BCUT2D eigenvalue weighted by molar-refractivity contribution is 8.03. The number of benzene rings is 1. The van der Waals surface area contributed by atoms with E-state index >= 15 is 0 Å². The molecule has 1 aromatic rings. The maximum absolute atomic E-state index is 12.3. The van der Waals surface area contributed by atoms with Gasteiger partial charge in [0.05, 0.1) is 23.6 Å². The van der Waals surface area contributed by atoms with Gasteiger partial charge < -0.3 is 5.32 Å². The van der Waals surface area contributed by atoms with E-state index in [4.69, 9.17) is 10.7 Å². The van der Waals surface area contributed by atoms with Crippen LogP contribution in [0.3, 0.4) is 0 Å². The van der Waals surface area contributed by atoms with Crippen molar-refractivity contribution >= 4 is 23.6 Å². The van der Waals surface area contributed by atoms with Crippen LogP contribution < -0.4 is 5.32 Å². The van der Waals surface area contributed by atoms with Crippen LogP contribution in [0.15, 0.2) is 35.2 Å². The lowest BCUT2D eigenvalue weighted by atomic mass is 9.90. The second-order valence-electron chi connectivity index (χ2n) is 6.31. The molecule has 2 aliphatic heterocycles. The Bertz CT molecular complexity index is 747. The summed E-state index contributed by atoms with van der Waals surface area (Å²) in [7, 11) is 0. The SMILES string of the molecule is CCN1C(=N)N[C@](C)(C2=CC(c3cccc(C#N)c3)CS2)CC1=O. The third kappa shape index (κ3) is 2.92. The van der Waals surface area contributed by atoms with Crippen LogP contribution in [0, 0.1) is 16.7 Å². The maximum atomic E-state index is 12.3. The molecule has 0 saturated carbocycles. The van der Waals surface area contributed by atoms with Gasteiger partial charge in [-0.1, -0.05) is 18.2 Å². The van der Waals surface area contributed by atoms with E-state index < -0.39 is 5.54 Å². The summed E-state index contributed by atoms with van der Waals surface area (Å²) >= 11 is 1.73. The second-order valence-corrected chi connectivity index (χ2v) is 7.37. The average Bonchev–Trinajstić information content (AvgIpc) is 3.05. The molecule has 0 radical (unpaired) electrons. The molecule has 124 valence electrons. The van der Waals surface area contributed by atoms with Gasteiger partial charge in [0.1, 0.15) is 0 Å². The minimum Gasteiger partial charge on any atom is -0.346 e. The Kier molecular flexibility index (Phi) is 4.37. The van der Waals surface area contributed by atoms with Crippen LogP contribution in [0.5, 0.6) is 0 Å². The number of hydrogen-bond donors (Lipinski definition) is 2. The molecule has 2 N–H and O–H groups in total. The van der Waals surface area contributed by atoms with Gasteiger partial charge in [-0.3, -0.25) is 15.1 Å². The predicted octanol–water partition coefficient (Wildman–Crippen LogP) is 2.81. The molecule has 2 aliphatic rings. The van der Waals surface area contributed by atoms with Crippen molar-refractivity contribution in [2.45, 2.75) is 31.7 Å². The molecule has 2 atom stereocenters. The molecule has 1 amide bonds. The molecule has 0 bridgehead atoms. The van der Waals surface area contributed by atoms with E-state index in [2.05, 4.69) is 17.5 Å². The summed E-state index contributed by atoms with van der Waals surface area (Å²) in [6.07, 6.45) is 2.53. The Balaban J connectivity index is 1.84. The zero-order chi connectivity index (χ0) is 17.3. The molecule has 6 heteroatoms. The van der Waals surface area contributed by atoms with Gasteiger partial charge in [-0.05, 0) is 31.5 Å².